The molecule has 1 aromatic heterocycles. The normalized spacial score (nSPS) is 10.0. The highest BCUT2D eigenvalue weighted by Gasteiger charge is 2.14. The fourth-order valence-corrected chi connectivity index (χ4v) is 1.61. The van der Waals surface area contributed by atoms with Crippen LogP contribution in [0.3, 0.4) is 0 Å². The van der Waals surface area contributed by atoms with Gasteiger partial charge >= 0.3 is 0 Å². The van der Waals surface area contributed by atoms with Crippen molar-refractivity contribution in [2.45, 2.75) is 6.92 Å². The van der Waals surface area contributed by atoms with Crippen molar-refractivity contribution in [1.29, 1.82) is 0 Å². The molecule has 110 valence electrons. The molecule has 2 rings (SSSR count). The van der Waals surface area contributed by atoms with Crippen LogP contribution in [0.1, 0.15) is 5.56 Å². The maximum atomic E-state index is 10.8. The molecular weight excluding hydrogens is 276 g/mol. The highest BCUT2D eigenvalue weighted by Crippen LogP contribution is 2.34. The predicted molar refractivity (Wildman–Crippen MR) is 76.0 cm³/mol. The number of nitro benzene ring substituents is 1. The van der Waals surface area contributed by atoms with Crippen LogP contribution in [0, 0.1) is 17.0 Å². The molecule has 21 heavy (non-hydrogen) atoms. The molecule has 0 bridgehead atoms. The largest absolute Gasteiger partial charge is 0.493 e. The van der Waals surface area contributed by atoms with E-state index in [1.54, 1.807) is 20.2 Å². The van der Waals surface area contributed by atoms with Crippen LogP contribution in [0.4, 0.5) is 11.6 Å². The summed E-state index contributed by atoms with van der Waals surface area (Å²) in [7, 11) is 3.11. The number of hydrogen-bond donors (Lipinski definition) is 1. The van der Waals surface area contributed by atoms with Crippen LogP contribution in [-0.2, 0) is 0 Å². The van der Waals surface area contributed by atoms with Crippen LogP contribution >= 0.6 is 0 Å². The number of nitrogens with zero attached hydrogens (tertiary/aromatic N) is 3. The van der Waals surface area contributed by atoms with Gasteiger partial charge in [0.25, 0.3) is 5.69 Å². The summed E-state index contributed by atoms with van der Waals surface area (Å²) < 4.78 is 10.8. The molecule has 0 fully saturated rings. The number of aromatic nitrogens is 2. The van der Waals surface area contributed by atoms with Crippen molar-refractivity contribution in [3.05, 3.63) is 40.1 Å². The molecule has 0 saturated heterocycles. The van der Waals surface area contributed by atoms with E-state index in [4.69, 9.17) is 9.47 Å². The maximum Gasteiger partial charge on any atom is 0.273 e. The Morgan fingerprint density at radius 2 is 2.10 bits per heavy atom. The van der Waals surface area contributed by atoms with Crippen LogP contribution in [-0.4, -0.2) is 29.0 Å². The number of benzene rings is 1. The molecule has 8 nitrogen and oxygen atoms in total. The van der Waals surface area contributed by atoms with E-state index >= 15 is 0 Å². The van der Waals surface area contributed by atoms with Crippen molar-refractivity contribution in [2.75, 3.05) is 19.5 Å². The van der Waals surface area contributed by atoms with E-state index in [0.717, 1.165) is 5.56 Å². The average Bonchev–Trinajstić information content (AvgIpc) is 2.49. The summed E-state index contributed by atoms with van der Waals surface area (Å²) in [5.74, 6) is 1.36. The van der Waals surface area contributed by atoms with E-state index in [9.17, 15) is 10.1 Å². The van der Waals surface area contributed by atoms with E-state index in [-0.39, 0.29) is 11.4 Å². The standard InChI is InChI=1S/C13H14N4O4/c1-8-7-15-13(14-2)16-12(8)21-10-5-4-9(17(18)19)6-11(10)20-3/h4-7H,1-3H3,(H,14,15,16). The third-order valence-corrected chi connectivity index (χ3v) is 2.71. The second-order valence-corrected chi connectivity index (χ2v) is 4.13. The van der Waals surface area contributed by atoms with Gasteiger partial charge < -0.3 is 14.8 Å². The lowest BCUT2D eigenvalue weighted by molar-refractivity contribution is -0.384. The Kier molecular flexibility index (Phi) is 4.17. The summed E-state index contributed by atoms with van der Waals surface area (Å²) in [6.07, 6.45) is 1.62. The number of ether oxygens (including phenoxy) is 2. The van der Waals surface area contributed by atoms with Crippen molar-refractivity contribution in [3.63, 3.8) is 0 Å². The fraction of sp³-hybridized carbons (Fsp3) is 0.231. The van der Waals surface area contributed by atoms with Gasteiger partial charge in [-0.25, -0.2) is 4.98 Å². The van der Waals surface area contributed by atoms with Gasteiger partial charge in [-0.15, -0.1) is 0 Å². The molecule has 0 spiro atoms. The summed E-state index contributed by atoms with van der Waals surface area (Å²) >= 11 is 0. The van der Waals surface area contributed by atoms with E-state index < -0.39 is 4.92 Å². The van der Waals surface area contributed by atoms with Crippen molar-refractivity contribution in [2.24, 2.45) is 0 Å². The predicted octanol–water partition coefficient (Wildman–Crippen LogP) is 2.54. The summed E-state index contributed by atoms with van der Waals surface area (Å²) in [4.78, 5) is 18.5. The molecule has 0 aliphatic carbocycles. The smallest absolute Gasteiger partial charge is 0.273 e. The van der Waals surface area contributed by atoms with E-state index in [1.807, 2.05) is 0 Å². The fourth-order valence-electron chi connectivity index (χ4n) is 1.61. The van der Waals surface area contributed by atoms with Crippen molar-refractivity contribution in [3.8, 4) is 17.4 Å². The number of rotatable bonds is 5. The number of hydrogen-bond acceptors (Lipinski definition) is 7. The number of aryl methyl sites for hydroxylation is 1. The summed E-state index contributed by atoms with van der Waals surface area (Å²) in [5, 5.41) is 13.6. The maximum absolute atomic E-state index is 10.8. The van der Waals surface area contributed by atoms with Crippen LogP contribution in [0.5, 0.6) is 17.4 Å². The Bertz CT molecular complexity index is 675. The first-order valence-corrected chi connectivity index (χ1v) is 6.07. The average molecular weight is 290 g/mol. The summed E-state index contributed by atoms with van der Waals surface area (Å²) in [6, 6.07) is 4.11. The number of methoxy groups -OCH3 is 1. The minimum absolute atomic E-state index is 0.0745. The first-order chi connectivity index (χ1) is 10.0. The van der Waals surface area contributed by atoms with Crippen LogP contribution < -0.4 is 14.8 Å². The molecule has 1 aromatic carbocycles. The van der Waals surface area contributed by atoms with Crippen LogP contribution in [0.15, 0.2) is 24.4 Å². The first kappa shape index (κ1) is 14.5. The van der Waals surface area contributed by atoms with Gasteiger partial charge in [-0.1, -0.05) is 0 Å². The third kappa shape index (κ3) is 3.16. The molecule has 0 saturated carbocycles. The van der Waals surface area contributed by atoms with Gasteiger partial charge in [0.05, 0.1) is 18.1 Å². The van der Waals surface area contributed by atoms with E-state index in [0.29, 0.717) is 17.6 Å². The highest BCUT2D eigenvalue weighted by atomic mass is 16.6. The quantitative estimate of drug-likeness (QED) is 0.667. The van der Waals surface area contributed by atoms with Crippen LogP contribution in [0.2, 0.25) is 0 Å². The molecule has 0 aliphatic rings. The lowest BCUT2D eigenvalue weighted by Crippen LogP contribution is -2.00. The molecule has 2 aromatic rings. The van der Waals surface area contributed by atoms with E-state index in [2.05, 4.69) is 15.3 Å². The monoisotopic (exact) mass is 290 g/mol. The Balaban J connectivity index is 2.37. The Morgan fingerprint density at radius 1 is 1.33 bits per heavy atom. The molecule has 0 atom stereocenters. The Labute approximate surface area is 120 Å². The molecule has 8 heteroatoms. The number of nitrogens with one attached hydrogen (secondary N) is 1. The Morgan fingerprint density at radius 3 is 2.71 bits per heavy atom. The zero-order valence-corrected chi connectivity index (χ0v) is 11.8. The lowest BCUT2D eigenvalue weighted by Gasteiger charge is -2.11. The van der Waals surface area contributed by atoms with Crippen molar-refractivity contribution in [1.82, 2.24) is 9.97 Å². The van der Waals surface area contributed by atoms with Gasteiger partial charge in [0, 0.05) is 24.9 Å². The topological polar surface area (TPSA) is 99.4 Å². The van der Waals surface area contributed by atoms with Gasteiger partial charge in [-0.3, -0.25) is 10.1 Å². The van der Waals surface area contributed by atoms with Gasteiger partial charge in [-0.2, -0.15) is 4.98 Å². The zero-order valence-electron chi connectivity index (χ0n) is 11.8. The van der Waals surface area contributed by atoms with Crippen LogP contribution in [0.25, 0.3) is 0 Å². The molecule has 0 amide bonds. The summed E-state index contributed by atoms with van der Waals surface area (Å²) in [6.45, 7) is 1.80. The molecule has 0 radical (unpaired) electrons. The third-order valence-electron chi connectivity index (χ3n) is 2.71. The van der Waals surface area contributed by atoms with Gasteiger partial charge in [0.15, 0.2) is 11.5 Å². The Hall–Kier alpha value is -2.90. The molecular formula is C13H14N4O4. The second-order valence-electron chi connectivity index (χ2n) is 4.13. The molecule has 1 heterocycles. The van der Waals surface area contributed by atoms with Gasteiger partial charge in [-0.05, 0) is 13.0 Å². The number of nitro groups is 1. The van der Waals surface area contributed by atoms with Gasteiger partial charge in [0.2, 0.25) is 11.8 Å². The molecule has 0 aliphatic heterocycles. The van der Waals surface area contributed by atoms with Crippen molar-refractivity contribution < 1.29 is 14.4 Å². The second kappa shape index (κ2) is 6.04. The molecule has 1 N–H and O–H groups in total. The summed E-state index contributed by atoms with van der Waals surface area (Å²) in [5.41, 5.74) is 0.656. The van der Waals surface area contributed by atoms with Gasteiger partial charge in [0.1, 0.15) is 0 Å². The first-order valence-electron chi connectivity index (χ1n) is 6.07. The van der Waals surface area contributed by atoms with E-state index in [1.165, 1.54) is 25.3 Å². The van der Waals surface area contributed by atoms with Crippen molar-refractivity contribution >= 4 is 11.6 Å². The zero-order chi connectivity index (χ0) is 15.4. The minimum Gasteiger partial charge on any atom is -0.493 e. The SMILES string of the molecule is CNc1ncc(C)c(Oc2ccc([N+](=O)[O-])cc2OC)n1. The number of non-ortho nitro benzene ring substituents is 1. The molecule has 0 unspecified atom stereocenters. The minimum atomic E-state index is -0.499. The number of anilines is 1. The highest BCUT2D eigenvalue weighted by molar-refractivity contribution is 5.50. The lowest BCUT2D eigenvalue weighted by atomic mass is 10.3.